The Kier molecular flexibility index (Phi) is 7.64. The van der Waals surface area contributed by atoms with Crippen molar-refractivity contribution in [2.75, 3.05) is 32.9 Å². The third-order valence-corrected chi connectivity index (χ3v) is 7.96. The number of rotatable bonds is 10. The lowest BCUT2D eigenvalue weighted by Crippen LogP contribution is -2.47. The van der Waals surface area contributed by atoms with Crippen LogP contribution in [0.25, 0.3) is 0 Å². The molecule has 0 amide bonds. The van der Waals surface area contributed by atoms with Gasteiger partial charge in [-0.2, -0.15) is 0 Å². The predicted octanol–water partition coefficient (Wildman–Crippen LogP) is 4.22. The van der Waals surface area contributed by atoms with Crippen LogP contribution in [-0.2, 0) is 25.2 Å². The van der Waals surface area contributed by atoms with E-state index in [4.69, 9.17) is 13.3 Å². The van der Waals surface area contributed by atoms with Crippen LogP contribution in [0.5, 0.6) is 0 Å². The average molecular weight is 366 g/mol. The van der Waals surface area contributed by atoms with Crippen LogP contribution in [0.2, 0.25) is 6.04 Å². The SMILES string of the molecule is CCO[Si](CCCN1Cc2ccccc2C(C)(C)C1)(OCC)OCC. The Labute approximate surface area is 154 Å². The fraction of sp³-hybridized carbons (Fsp3) is 0.700. The van der Waals surface area contributed by atoms with E-state index in [1.54, 1.807) is 0 Å². The van der Waals surface area contributed by atoms with Gasteiger partial charge in [-0.25, -0.2) is 0 Å². The summed E-state index contributed by atoms with van der Waals surface area (Å²) < 4.78 is 17.9. The summed E-state index contributed by atoms with van der Waals surface area (Å²) in [6.45, 7) is 15.9. The van der Waals surface area contributed by atoms with Gasteiger partial charge in [0.2, 0.25) is 0 Å². The maximum absolute atomic E-state index is 5.97. The molecule has 0 saturated heterocycles. The second-order valence-electron chi connectivity index (χ2n) is 7.34. The van der Waals surface area contributed by atoms with E-state index >= 15 is 0 Å². The Morgan fingerprint density at radius 1 is 1.00 bits per heavy atom. The second kappa shape index (κ2) is 9.28. The van der Waals surface area contributed by atoms with Gasteiger partial charge in [0.15, 0.2) is 0 Å². The highest BCUT2D eigenvalue weighted by molar-refractivity contribution is 6.60. The summed E-state index contributed by atoms with van der Waals surface area (Å²) in [5, 5.41) is 0. The molecule has 0 atom stereocenters. The summed E-state index contributed by atoms with van der Waals surface area (Å²) in [6.07, 6.45) is 1.05. The lowest BCUT2D eigenvalue weighted by atomic mass is 9.78. The van der Waals surface area contributed by atoms with E-state index < -0.39 is 8.80 Å². The number of fused-ring (bicyclic) bond motifs is 1. The molecule has 1 heterocycles. The number of benzene rings is 1. The molecule has 0 bridgehead atoms. The minimum Gasteiger partial charge on any atom is -0.374 e. The van der Waals surface area contributed by atoms with Gasteiger partial charge in [-0.15, -0.1) is 0 Å². The molecule has 0 unspecified atom stereocenters. The van der Waals surface area contributed by atoms with E-state index in [1.165, 1.54) is 11.1 Å². The molecule has 1 aliphatic rings. The summed E-state index contributed by atoms with van der Waals surface area (Å²) in [5.41, 5.74) is 3.15. The first-order chi connectivity index (χ1) is 12.0. The lowest BCUT2D eigenvalue weighted by molar-refractivity contribution is 0.0694. The molecule has 4 nitrogen and oxygen atoms in total. The summed E-state index contributed by atoms with van der Waals surface area (Å²) in [7, 11) is -2.51. The Bertz CT molecular complexity index is 518. The molecule has 25 heavy (non-hydrogen) atoms. The molecule has 2 rings (SSSR count). The van der Waals surface area contributed by atoms with Crippen LogP contribution in [0.3, 0.4) is 0 Å². The monoisotopic (exact) mass is 365 g/mol. The van der Waals surface area contributed by atoms with E-state index in [1.807, 2.05) is 20.8 Å². The zero-order valence-electron chi connectivity index (χ0n) is 16.6. The minimum atomic E-state index is -2.51. The van der Waals surface area contributed by atoms with Gasteiger partial charge in [-0.05, 0) is 44.9 Å². The summed E-state index contributed by atoms with van der Waals surface area (Å²) >= 11 is 0. The van der Waals surface area contributed by atoms with Gasteiger partial charge < -0.3 is 13.3 Å². The third-order valence-electron chi connectivity index (χ3n) is 4.81. The molecule has 1 aliphatic heterocycles. The van der Waals surface area contributed by atoms with Gasteiger partial charge in [0, 0.05) is 44.4 Å². The molecule has 0 N–H and O–H groups in total. The van der Waals surface area contributed by atoms with Gasteiger partial charge >= 0.3 is 8.80 Å². The topological polar surface area (TPSA) is 30.9 Å². The van der Waals surface area contributed by atoms with Crippen LogP contribution in [0, 0.1) is 0 Å². The van der Waals surface area contributed by atoms with Gasteiger partial charge in [0.05, 0.1) is 0 Å². The van der Waals surface area contributed by atoms with E-state index in [0.29, 0.717) is 19.8 Å². The van der Waals surface area contributed by atoms with E-state index in [-0.39, 0.29) is 5.41 Å². The number of nitrogens with zero attached hydrogens (tertiary/aromatic N) is 1. The van der Waals surface area contributed by atoms with Crippen LogP contribution in [-0.4, -0.2) is 46.6 Å². The van der Waals surface area contributed by atoms with E-state index in [9.17, 15) is 0 Å². The van der Waals surface area contributed by atoms with Crippen LogP contribution >= 0.6 is 0 Å². The minimum absolute atomic E-state index is 0.198. The Morgan fingerprint density at radius 3 is 2.20 bits per heavy atom. The molecule has 0 fully saturated rings. The first-order valence-electron chi connectivity index (χ1n) is 9.69. The van der Waals surface area contributed by atoms with Crippen molar-refractivity contribution < 1.29 is 13.3 Å². The molecular formula is C20H35NO3Si. The fourth-order valence-corrected chi connectivity index (χ4v) is 6.53. The largest absolute Gasteiger partial charge is 0.500 e. The standard InChI is InChI=1S/C20H35NO3Si/c1-6-22-25(23-7-2,24-8-3)15-11-14-21-16-18-12-9-10-13-19(18)20(4,5)17-21/h9-10,12-13H,6-8,11,14-17H2,1-5H3. The van der Waals surface area contributed by atoms with Gasteiger partial charge in [0.25, 0.3) is 0 Å². The highest BCUT2D eigenvalue weighted by Gasteiger charge is 2.40. The Balaban J connectivity index is 1.96. The number of hydrogen-bond donors (Lipinski definition) is 0. The van der Waals surface area contributed by atoms with Crippen LogP contribution in [0.4, 0.5) is 0 Å². The van der Waals surface area contributed by atoms with Crippen molar-refractivity contribution in [3.05, 3.63) is 35.4 Å². The molecule has 1 aromatic carbocycles. The zero-order valence-corrected chi connectivity index (χ0v) is 17.6. The molecule has 0 spiro atoms. The van der Waals surface area contributed by atoms with Crippen LogP contribution < -0.4 is 0 Å². The molecule has 1 aromatic rings. The maximum Gasteiger partial charge on any atom is 0.500 e. The molecular weight excluding hydrogens is 330 g/mol. The maximum atomic E-state index is 5.97. The highest BCUT2D eigenvalue weighted by Crippen LogP contribution is 2.33. The van der Waals surface area contributed by atoms with Crippen molar-refractivity contribution >= 4 is 8.80 Å². The molecule has 5 heteroatoms. The Hall–Kier alpha value is -0.723. The normalized spacial score (nSPS) is 17.5. The summed E-state index contributed by atoms with van der Waals surface area (Å²) in [5.74, 6) is 0. The van der Waals surface area contributed by atoms with E-state index in [0.717, 1.165) is 32.1 Å². The number of hydrogen-bond acceptors (Lipinski definition) is 4. The predicted molar refractivity (Wildman–Crippen MR) is 105 cm³/mol. The van der Waals surface area contributed by atoms with Crippen molar-refractivity contribution in [2.24, 2.45) is 0 Å². The molecule has 0 radical (unpaired) electrons. The fourth-order valence-electron chi connectivity index (χ4n) is 3.94. The van der Waals surface area contributed by atoms with Gasteiger partial charge in [-0.1, -0.05) is 38.1 Å². The molecule has 0 aliphatic carbocycles. The zero-order chi connectivity index (χ0) is 18.3. The summed E-state index contributed by atoms with van der Waals surface area (Å²) in [6, 6.07) is 9.74. The second-order valence-corrected chi connectivity index (χ2v) is 10.1. The highest BCUT2D eigenvalue weighted by atomic mass is 28.4. The average Bonchev–Trinajstić information content (AvgIpc) is 2.55. The molecule has 0 saturated carbocycles. The van der Waals surface area contributed by atoms with Crippen molar-refractivity contribution in [3.63, 3.8) is 0 Å². The van der Waals surface area contributed by atoms with Crippen LogP contribution in [0.1, 0.15) is 52.2 Å². The first-order valence-corrected chi connectivity index (χ1v) is 11.6. The first kappa shape index (κ1) is 20.6. The van der Waals surface area contributed by atoms with Crippen molar-refractivity contribution in [2.45, 2.75) is 59.0 Å². The van der Waals surface area contributed by atoms with Gasteiger partial charge in [-0.3, -0.25) is 4.90 Å². The van der Waals surface area contributed by atoms with Crippen LogP contribution in [0.15, 0.2) is 24.3 Å². The third kappa shape index (κ3) is 5.38. The molecule has 0 aromatic heterocycles. The summed E-state index contributed by atoms with van der Waals surface area (Å²) in [4.78, 5) is 2.56. The van der Waals surface area contributed by atoms with Crippen molar-refractivity contribution in [1.29, 1.82) is 0 Å². The van der Waals surface area contributed by atoms with Crippen molar-refractivity contribution in [1.82, 2.24) is 4.90 Å². The Morgan fingerprint density at radius 2 is 1.60 bits per heavy atom. The lowest BCUT2D eigenvalue weighted by Gasteiger charge is -2.40. The smallest absolute Gasteiger partial charge is 0.374 e. The molecule has 142 valence electrons. The van der Waals surface area contributed by atoms with E-state index in [2.05, 4.69) is 43.0 Å². The van der Waals surface area contributed by atoms with Gasteiger partial charge in [0.1, 0.15) is 0 Å². The quantitative estimate of drug-likeness (QED) is 0.581. The van der Waals surface area contributed by atoms with Crippen molar-refractivity contribution in [3.8, 4) is 0 Å².